The maximum absolute atomic E-state index is 3.84. The summed E-state index contributed by atoms with van der Waals surface area (Å²) in [4.78, 5) is 3.84. The van der Waals surface area contributed by atoms with Gasteiger partial charge in [0.15, 0.2) is 0 Å². The summed E-state index contributed by atoms with van der Waals surface area (Å²) in [5, 5.41) is 0. The van der Waals surface area contributed by atoms with Crippen LogP contribution in [0.5, 0.6) is 0 Å². The van der Waals surface area contributed by atoms with Gasteiger partial charge in [0.1, 0.15) is 0 Å². The summed E-state index contributed by atoms with van der Waals surface area (Å²) in [6, 6.07) is 0. The Morgan fingerprint density at radius 2 is 2.60 bits per heavy atom. The molecule has 0 aliphatic rings. The van der Waals surface area contributed by atoms with Gasteiger partial charge in [-0.15, -0.1) is 0 Å². The van der Waals surface area contributed by atoms with Gasteiger partial charge in [0.05, 0.1) is 0 Å². The Morgan fingerprint density at radius 3 is 2.80 bits per heavy atom. The first-order valence-corrected chi connectivity index (χ1v) is 4.01. The summed E-state index contributed by atoms with van der Waals surface area (Å²) < 4.78 is 4.15. The van der Waals surface area contributed by atoms with E-state index >= 15 is 0 Å². The van der Waals surface area contributed by atoms with E-state index < -0.39 is 0 Å². The minimum atomic E-state index is 0.132. The Balaban J connectivity index is 3.13. The topological polar surface area (TPSA) is 12.9 Å². The summed E-state index contributed by atoms with van der Waals surface area (Å²) in [5.41, 5.74) is 0. The van der Waals surface area contributed by atoms with Crippen LogP contribution in [0, 0.1) is 0 Å². The molecule has 0 aromatic carbocycles. The molecule has 0 aliphatic heterocycles. The van der Waals surface area contributed by atoms with E-state index in [1.807, 2.05) is 10.4 Å². The zero-order chi connectivity index (χ0) is 3.54. The van der Waals surface area contributed by atoms with Crippen LogP contribution in [0.1, 0.15) is 0 Å². The van der Waals surface area contributed by atoms with Gasteiger partial charge in [0.2, 0.25) is 0 Å². The van der Waals surface area contributed by atoms with Crippen LogP contribution in [-0.2, 0) is 0 Å². The average molecular weight is 181 g/mol. The fourth-order valence-corrected chi connectivity index (χ4v) is 1.18. The second-order valence-electron chi connectivity index (χ2n) is 0.676. The monoisotopic (exact) mass is 183 g/mol. The summed E-state index contributed by atoms with van der Waals surface area (Å²) in [5.74, 6) is 0. The van der Waals surface area contributed by atoms with Crippen molar-refractivity contribution >= 4 is 20.4 Å². The van der Waals surface area contributed by atoms with Crippen LogP contribution in [-0.4, -0.2) is 25.4 Å². The SMILES string of the molecule is c1c[te]cn1. The zero-order valence-corrected chi connectivity index (χ0v) is 4.92. The number of rotatable bonds is 0. The minimum absolute atomic E-state index is 0.132. The van der Waals surface area contributed by atoms with E-state index in [9.17, 15) is 0 Å². The van der Waals surface area contributed by atoms with E-state index in [4.69, 9.17) is 0 Å². The summed E-state index contributed by atoms with van der Waals surface area (Å²) in [7, 11) is 0. The van der Waals surface area contributed by atoms with Crippen LogP contribution in [0.4, 0.5) is 0 Å². The van der Waals surface area contributed by atoms with Crippen LogP contribution < -0.4 is 0 Å². The van der Waals surface area contributed by atoms with E-state index in [2.05, 4.69) is 9.07 Å². The Morgan fingerprint density at radius 1 is 1.60 bits per heavy atom. The van der Waals surface area contributed by atoms with Crippen LogP contribution in [0.15, 0.2) is 14.5 Å². The van der Waals surface area contributed by atoms with E-state index in [-0.39, 0.29) is 20.4 Å². The second-order valence-corrected chi connectivity index (χ2v) is 2.83. The van der Waals surface area contributed by atoms with E-state index in [1.165, 1.54) is 0 Å². The third kappa shape index (κ3) is 0.752. The fourth-order valence-electron chi connectivity index (χ4n) is 0.176. The molecule has 0 unspecified atom stereocenters. The van der Waals surface area contributed by atoms with E-state index in [0.29, 0.717) is 0 Å². The molecule has 26 valence electrons. The Hall–Kier alpha value is 0.200. The van der Waals surface area contributed by atoms with Gasteiger partial charge in [-0.05, 0) is 0 Å². The van der Waals surface area contributed by atoms with Crippen LogP contribution in [0.3, 0.4) is 0 Å². The molecule has 0 spiro atoms. The number of hydrogen-bond donors (Lipinski definition) is 0. The van der Waals surface area contributed by atoms with Crippen molar-refractivity contribution < 1.29 is 0 Å². The molecule has 0 N–H and O–H groups in total. The molecule has 1 aromatic heterocycles. The molecule has 0 aliphatic carbocycles. The summed E-state index contributed by atoms with van der Waals surface area (Å²) >= 11 is 0.132. The van der Waals surface area contributed by atoms with Gasteiger partial charge in [-0.1, -0.05) is 0 Å². The van der Waals surface area contributed by atoms with Gasteiger partial charge >= 0.3 is 39.9 Å². The molecule has 0 saturated heterocycles. The molecule has 1 aromatic rings. The van der Waals surface area contributed by atoms with Gasteiger partial charge < -0.3 is 0 Å². The maximum atomic E-state index is 3.84. The molecule has 0 amide bonds. The van der Waals surface area contributed by atoms with Crippen molar-refractivity contribution in [2.45, 2.75) is 0 Å². The molecule has 0 radical (unpaired) electrons. The van der Waals surface area contributed by atoms with Gasteiger partial charge in [-0.3, -0.25) is 0 Å². The van der Waals surface area contributed by atoms with Crippen molar-refractivity contribution in [1.82, 2.24) is 4.98 Å². The number of nitrogens with zero attached hydrogens (tertiary/aromatic N) is 1. The fraction of sp³-hybridized carbons (Fsp3) is 0. The van der Waals surface area contributed by atoms with Crippen molar-refractivity contribution in [3.63, 3.8) is 0 Å². The normalized spacial score (nSPS) is 8.00. The quantitative estimate of drug-likeness (QED) is 0.518. The van der Waals surface area contributed by atoms with E-state index in [1.54, 1.807) is 0 Å². The van der Waals surface area contributed by atoms with Crippen LogP contribution in [0.25, 0.3) is 0 Å². The Labute approximate surface area is 40.3 Å². The Bertz CT molecular complexity index is 63.4. The molecule has 1 nitrogen and oxygen atoms in total. The first-order chi connectivity index (χ1) is 2.50. The second kappa shape index (κ2) is 1.59. The Kier molecular flexibility index (Phi) is 1.08. The van der Waals surface area contributed by atoms with Crippen molar-refractivity contribution in [3.8, 4) is 0 Å². The molecule has 0 saturated carbocycles. The molecule has 1 rings (SSSR count). The van der Waals surface area contributed by atoms with Gasteiger partial charge in [-0.25, -0.2) is 0 Å². The molecule has 5 heavy (non-hydrogen) atoms. The summed E-state index contributed by atoms with van der Waals surface area (Å²) in [6.45, 7) is 0. The third-order valence-corrected chi connectivity index (χ3v) is 1.84. The molecular weight excluding hydrogens is 178 g/mol. The molecule has 0 atom stereocenters. The first-order valence-electron chi connectivity index (χ1n) is 1.32. The van der Waals surface area contributed by atoms with Crippen molar-refractivity contribution in [2.24, 2.45) is 0 Å². The predicted octanol–water partition coefficient (Wildman–Crippen LogP) is 0.139. The van der Waals surface area contributed by atoms with Crippen LogP contribution in [0.2, 0.25) is 0 Å². The average Bonchev–Trinajstić information content (AvgIpc) is 1.76. The first kappa shape index (κ1) is 3.39. The van der Waals surface area contributed by atoms with Gasteiger partial charge in [0.25, 0.3) is 0 Å². The van der Waals surface area contributed by atoms with Gasteiger partial charge in [-0.2, -0.15) is 0 Å². The summed E-state index contributed by atoms with van der Waals surface area (Å²) in [6.07, 6.45) is 1.86. The standard InChI is InChI=1S/C3H3NTe/c1-2-5-3-4-1/h1-3H. The third-order valence-electron chi connectivity index (χ3n) is 0.347. The predicted molar refractivity (Wildman–Crippen MR) is 21.2 cm³/mol. The van der Waals surface area contributed by atoms with Gasteiger partial charge in [0, 0.05) is 0 Å². The molecular formula is C3H3NTe. The van der Waals surface area contributed by atoms with Crippen LogP contribution >= 0.6 is 0 Å². The molecule has 2 heteroatoms. The molecule has 0 bridgehead atoms. The van der Waals surface area contributed by atoms with Crippen molar-refractivity contribution in [2.75, 3.05) is 0 Å². The van der Waals surface area contributed by atoms with Crippen molar-refractivity contribution in [1.29, 1.82) is 0 Å². The van der Waals surface area contributed by atoms with Crippen molar-refractivity contribution in [3.05, 3.63) is 14.5 Å². The van der Waals surface area contributed by atoms with E-state index in [0.717, 1.165) is 0 Å². The molecule has 0 fully saturated rings. The zero-order valence-electron chi connectivity index (χ0n) is 2.59. The number of aromatic nitrogens is 1. The molecule has 1 heterocycles. The number of hydrogen-bond acceptors (Lipinski definition) is 1.